The van der Waals surface area contributed by atoms with Crippen molar-refractivity contribution in [3.8, 4) is 5.75 Å². The van der Waals surface area contributed by atoms with Gasteiger partial charge in [0.1, 0.15) is 11.6 Å². The molecule has 0 spiro atoms. The molecule has 0 aromatic heterocycles. The van der Waals surface area contributed by atoms with Crippen LogP contribution < -0.4 is 15.8 Å². The van der Waals surface area contributed by atoms with Crippen molar-refractivity contribution in [2.45, 2.75) is 0 Å². The molecule has 0 atom stereocenters. The van der Waals surface area contributed by atoms with Crippen LogP contribution in [-0.4, -0.2) is 7.11 Å². The second-order valence-corrected chi connectivity index (χ2v) is 5.63. The Morgan fingerprint density at radius 3 is 2.58 bits per heavy atom. The van der Waals surface area contributed by atoms with Crippen LogP contribution in [0.5, 0.6) is 5.75 Å². The molecule has 0 aliphatic carbocycles. The van der Waals surface area contributed by atoms with E-state index < -0.39 is 5.82 Å². The lowest BCUT2D eigenvalue weighted by atomic mass is 10.2. The highest BCUT2D eigenvalue weighted by Gasteiger charge is 2.07. The van der Waals surface area contributed by atoms with Gasteiger partial charge in [0.15, 0.2) is 0 Å². The van der Waals surface area contributed by atoms with Crippen LogP contribution in [0, 0.1) is 5.82 Å². The van der Waals surface area contributed by atoms with Gasteiger partial charge in [0.25, 0.3) is 0 Å². The molecule has 0 heterocycles. The standard InChI is InChI=1S/C13H11Br2FN2O/c1-19-9-3-7(14)2-8(4-9)18-13-5-10(15)11(16)6-12(13)17/h2-6,18H,17H2,1H3. The topological polar surface area (TPSA) is 47.3 Å². The number of halogens is 3. The predicted molar refractivity (Wildman–Crippen MR) is 82.5 cm³/mol. The van der Waals surface area contributed by atoms with Crippen LogP contribution in [0.1, 0.15) is 0 Å². The number of rotatable bonds is 3. The predicted octanol–water partition coefficient (Wildman–Crippen LogP) is 4.69. The molecule has 0 amide bonds. The average Bonchev–Trinajstić information content (AvgIpc) is 2.35. The number of nitrogens with two attached hydrogens (primary N) is 1. The highest BCUT2D eigenvalue weighted by molar-refractivity contribution is 9.10. The second-order valence-electron chi connectivity index (χ2n) is 3.86. The van der Waals surface area contributed by atoms with Gasteiger partial charge in [-0.15, -0.1) is 0 Å². The molecule has 0 fully saturated rings. The number of hydrogen-bond donors (Lipinski definition) is 2. The molecule has 0 aliphatic rings. The summed E-state index contributed by atoms with van der Waals surface area (Å²) in [4.78, 5) is 0. The van der Waals surface area contributed by atoms with E-state index in [0.29, 0.717) is 21.6 Å². The van der Waals surface area contributed by atoms with Gasteiger partial charge in [-0.2, -0.15) is 0 Å². The largest absolute Gasteiger partial charge is 0.497 e. The second kappa shape index (κ2) is 5.79. The maximum absolute atomic E-state index is 13.3. The van der Waals surface area contributed by atoms with Crippen LogP contribution in [0.4, 0.5) is 21.5 Å². The molecule has 0 unspecified atom stereocenters. The van der Waals surface area contributed by atoms with E-state index in [0.717, 1.165) is 10.2 Å². The molecule has 100 valence electrons. The molecule has 3 nitrogen and oxygen atoms in total. The summed E-state index contributed by atoms with van der Waals surface area (Å²) in [6, 6.07) is 8.40. The van der Waals surface area contributed by atoms with E-state index in [1.807, 2.05) is 18.2 Å². The molecule has 0 saturated carbocycles. The highest BCUT2D eigenvalue weighted by Crippen LogP contribution is 2.31. The van der Waals surface area contributed by atoms with Gasteiger partial charge >= 0.3 is 0 Å². The maximum Gasteiger partial charge on any atom is 0.139 e. The number of nitrogens with one attached hydrogen (secondary N) is 1. The Balaban J connectivity index is 2.36. The zero-order valence-corrected chi connectivity index (χ0v) is 13.2. The van der Waals surface area contributed by atoms with Crippen molar-refractivity contribution in [2.75, 3.05) is 18.2 Å². The molecule has 0 aliphatic heterocycles. The van der Waals surface area contributed by atoms with Crippen LogP contribution in [0.25, 0.3) is 0 Å². The minimum absolute atomic E-state index is 0.333. The number of anilines is 3. The van der Waals surface area contributed by atoms with E-state index in [1.54, 1.807) is 13.2 Å². The molecule has 0 bridgehead atoms. The fourth-order valence-corrected chi connectivity index (χ4v) is 2.39. The molecule has 3 N–H and O–H groups in total. The minimum Gasteiger partial charge on any atom is -0.497 e. The third kappa shape index (κ3) is 3.39. The van der Waals surface area contributed by atoms with E-state index in [9.17, 15) is 4.39 Å². The summed E-state index contributed by atoms with van der Waals surface area (Å²) in [6.45, 7) is 0. The molecule has 2 aromatic rings. The van der Waals surface area contributed by atoms with Crippen LogP contribution in [0.2, 0.25) is 0 Å². The van der Waals surface area contributed by atoms with Crippen LogP contribution in [0.15, 0.2) is 39.3 Å². The van der Waals surface area contributed by atoms with E-state index >= 15 is 0 Å². The Morgan fingerprint density at radius 1 is 1.16 bits per heavy atom. The monoisotopic (exact) mass is 388 g/mol. The molecule has 19 heavy (non-hydrogen) atoms. The quantitative estimate of drug-likeness (QED) is 0.749. The van der Waals surface area contributed by atoms with Gasteiger partial charge in [-0.1, -0.05) is 15.9 Å². The van der Waals surface area contributed by atoms with Crippen LogP contribution >= 0.6 is 31.9 Å². The summed E-state index contributed by atoms with van der Waals surface area (Å²) in [6.07, 6.45) is 0. The summed E-state index contributed by atoms with van der Waals surface area (Å²) >= 11 is 6.52. The summed E-state index contributed by atoms with van der Waals surface area (Å²) in [5.74, 6) is 0.312. The van der Waals surface area contributed by atoms with Gasteiger partial charge in [0.05, 0.1) is 23.0 Å². The number of methoxy groups -OCH3 is 1. The Morgan fingerprint density at radius 2 is 1.89 bits per heavy atom. The molecule has 6 heteroatoms. The van der Waals surface area contributed by atoms with E-state index in [1.165, 1.54) is 6.07 Å². The van der Waals surface area contributed by atoms with E-state index in [2.05, 4.69) is 37.2 Å². The lowest BCUT2D eigenvalue weighted by Crippen LogP contribution is -1.98. The SMILES string of the molecule is COc1cc(Br)cc(Nc2cc(Br)c(F)cc2N)c1. The Bertz CT molecular complexity index is 620. The molecular weight excluding hydrogens is 379 g/mol. The van der Waals surface area contributed by atoms with Gasteiger partial charge in [0.2, 0.25) is 0 Å². The molecule has 2 aromatic carbocycles. The van der Waals surface area contributed by atoms with Crippen molar-refractivity contribution in [1.29, 1.82) is 0 Å². The molecule has 0 saturated heterocycles. The smallest absolute Gasteiger partial charge is 0.139 e. The van der Waals surface area contributed by atoms with Crippen molar-refractivity contribution in [1.82, 2.24) is 0 Å². The zero-order valence-electron chi connectivity index (χ0n) is 10.0. The minimum atomic E-state index is -0.394. The first-order valence-electron chi connectivity index (χ1n) is 5.35. The summed E-state index contributed by atoms with van der Waals surface area (Å²) in [5.41, 5.74) is 7.52. The number of hydrogen-bond acceptors (Lipinski definition) is 3. The normalized spacial score (nSPS) is 10.3. The fraction of sp³-hybridized carbons (Fsp3) is 0.0769. The number of benzene rings is 2. The van der Waals surface area contributed by atoms with Gasteiger partial charge < -0.3 is 15.8 Å². The van der Waals surface area contributed by atoms with Gasteiger partial charge in [-0.3, -0.25) is 0 Å². The average molecular weight is 390 g/mol. The molecular formula is C13H11Br2FN2O. The molecule has 2 rings (SSSR count). The zero-order chi connectivity index (χ0) is 14.0. The van der Waals surface area contributed by atoms with Crippen LogP contribution in [-0.2, 0) is 0 Å². The first-order valence-corrected chi connectivity index (χ1v) is 6.94. The maximum atomic E-state index is 13.3. The Kier molecular flexibility index (Phi) is 4.31. The summed E-state index contributed by atoms with van der Waals surface area (Å²) in [7, 11) is 1.59. The number of nitrogen functional groups attached to an aromatic ring is 1. The van der Waals surface area contributed by atoms with E-state index in [4.69, 9.17) is 10.5 Å². The van der Waals surface area contributed by atoms with Crippen LogP contribution in [0.3, 0.4) is 0 Å². The van der Waals surface area contributed by atoms with Crippen molar-refractivity contribution >= 4 is 48.9 Å². The van der Waals surface area contributed by atoms with E-state index in [-0.39, 0.29) is 0 Å². The lowest BCUT2D eigenvalue weighted by molar-refractivity contribution is 0.415. The van der Waals surface area contributed by atoms with Gasteiger partial charge in [-0.25, -0.2) is 4.39 Å². The van der Waals surface area contributed by atoms with Crippen molar-refractivity contribution < 1.29 is 9.13 Å². The highest BCUT2D eigenvalue weighted by atomic mass is 79.9. The summed E-state index contributed by atoms with van der Waals surface area (Å²) < 4.78 is 19.7. The summed E-state index contributed by atoms with van der Waals surface area (Å²) in [5, 5.41) is 3.12. The first kappa shape index (κ1) is 14.1. The van der Waals surface area contributed by atoms with Crippen molar-refractivity contribution in [3.63, 3.8) is 0 Å². The third-order valence-electron chi connectivity index (χ3n) is 2.48. The fourth-order valence-electron chi connectivity index (χ4n) is 1.58. The van der Waals surface area contributed by atoms with Crippen molar-refractivity contribution in [3.05, 3.63) is 45.1 Å². The van der Waals surface area contributed by atoms with Crippen molar-refractivity contribution in [2.24, 2.45) is 0 Å². The lowest BCUT2D eigenvalue weighted by Gasteiger charge is -2.12. The number of ether oxygens (including phenoxy) is 1. The molecule has 0 radical (unpaired) electrons. The Labute approximate surface area is 127 Å². The van der Waals surface area contributed by atoms with Gasteiger partial charge in [0, 0.05) is 22.3 Å². The third-order valence-corrected chi connectivity index (χ3v) is 3.54. The Hall–Kier alpha value is -1.27. The van der Waals surface area contributed by atoms with Gasteiger partial charge in [-0.05, 0) is 34.1 Å². The first-order chi connectivity index (χ1) is 8.99.